The van der Waals surface area contributed by atoms with Crippen molar-refractivity contribution in [3.05, 3.63) is 58.8 Å². The van der Waals surface area contributed by atoms with Crippen molar-refractivity contribution in [3.8, 4) is 0 Å². The first-order valence-corrected chi connectivity index (χ1v) is 12.2. The summed E-state index contributed by atoms with van der Waals surface area (Å²) in [6.07, 6.45) is 10.5. The number of piperidine rings is 1. The number of aliphatic hydroxyl groups excluding tert-OH is 1. The smallest absolute Gasteiger partial charge is 0.230 e. The van der Waals surface area contributed by atoms with E-state index in [1.165, 1.54) is 6.08 Å². The lowest BCUT2D eigenvalue weighted by molar-refractivity contribution is -0.141. The summed E-state index contributed by atoms with van der Waals surface area (Å²) in [4.78, 5) is 26.6. The van der Waals surface area contributed by atoms with Gasteiger partial charge in [0.2, 0.25) is 5.91 Å². The minimum atomic E-state index is -0.557. The molecule has 0 bridgehead atoms. The van der Waals surface area contributed by atoms with Gasteiger partial charge in [-0.15, -0.1) is 0 Å². The van der Waals surface area contributed by atoms with Crippen LogP contribution in [0.5, 0.6) is 0 Å². The number of methoxy groups -OCH3 is 1. The van der Waals surface area contributed by atoms with Crippen LogP contribution in [0, 0.1) is 5.92 Å². The Morgan fingerprint density at radius 1 is 1.24 bits per heavy atom. The van der Waals surface area contributed by atoms with E-state index in [4.69, 9.17) is 16.3 Å². The van der Waals surface area contributed by atoms with E-state index in [0.29, 0.717) is 31.1 Å². The van der Waals surface area contributed by atoms with E-state index in [2.05, 4.69) is 11.4 Å². The number of hydrogen-bond donors (Lipinski definition) is 2. The summed E-state index contributed by atoms with van der Waals surface area (Å²) < 4.78 is 5.14. The molecule has 1 saturated heterocycles. The number of amides is 1. The lowest BCUT2D eigenvalue weighted by atomic mass is 9.94. The first-order valence-electron chi connectivity index (χ1n) is 11.8. The highest BCUT2D eigenvalue weighted by Gasteiger charge is 2.39. The average molecular weight is 492 g/mol. The number of benzene rings is 1. The van der Waals surface area contributed by atoms with E-state index < -0.39 is 6.10 Å². The fourth-order valence-electron chi connectivity index (χ4n) is 3.72. The van der Waals surface area contributed by atoms with Gasteiger partial charge in [0, 0.05) is 45.4 Å². The van der Waals surface area contributed by atoms with E-state index >= 15 is 0 Å². The van der Waals surface area contributed by atoms with Gasteiger partial charge in [0.25, 0.3) is 0 Å². The van der Waals surface area contributed by atoms with Gasteiger partial charge in [-0.1, -0.05) is 29.8 Å². The molecule has 2 atom stereocenters. The summed E-state index contributed by atoms with van der Waals surface area (Å²) in [6, 6.07) is 6.25. The second kappa shape index (κ2) is 14.9. The Bertz CT molecular complexity index is 839. The maximum absolute atomic E-state index is 13.0. The molecular weight excluding hydrogens is 454 g/mol. The van der Waals surface area contributed by atoms with Gasteiger partial charge in [0.05, 0.1) is 18.6 Å². The molecule has 34 heavy (non-hydrogen) atoms. The van der Waals surface area contributed by atoms with Crippen molar-refractivity contribution < 1.29 is 19.4 Å². The van der Waals surface area contributed by atoms with Crippen molar-refractivity contribution in [2.75, 3.05) is 40.9 Å². The predicted molar refractivity (Wildman–Crippen MR) is 136 cm³/mol. The molecule has 1 amide bonds. The van der Waals surface area contributed by atoms with E-state index in [-0.39, 0.29) is 17.9 Å². The number of carbonyl (C=O) groups excluding carboxylic acids is 2. The van der Waals surface area contributed by atoms with Crippen molar-refractivity contribution in [2.45, 2.75) is 44.4 Å². The minimum absolute atomic E-state index is 0.0422. The second-order valence-corrected chi connectivity index (χ2v) is 9.27. The SMILES string of the molecule is CN(C)/C=C\C=C/C=O.COCCc1ccc(Cl)c(CN(C(=O)C2CNCCC2O)C2CC2)c1. The lowest BCUT2D eigenvalue weighted by Gasteiger charge is -2.33. The Morgan fingerprint density at radius 2 is 2.00 bits per heavy atom. The molecule has 1 heterocycles. The molecule has 1 aromatic carbocycles. The third-order valence-electron chi connectivity index (χ3n) is 5.76. The first-order chi connectivity index (χ1) is 16.4. The number of rotatable bonds is 10. The van der Waals surface area contributed by atoms with Gasteiger partial charge < -0.3 is 25.0 Å². The quantitative estimate of drug-likeness (QED) is 0.297. The number of ether oxygens (including phenoxy) is 1. The van der Waals surface area contributed by atoms with Gasteiger partial charge in [-0.3, -0.25) is 9.59 Å². The number of hydrogen-bond acceptors (Lipinski definition) is 6. The van der Waals surface area contributed by atoms with E-state index in [1.807, 2.05) is 42.2 Å². The zero-order chi connectivity index (χ0) is 24.9. The van der Waals surface area contributed by atoms with Gasteiger partial charge in [0.1, 0.15) is 6.29 Å². The zero-order valence-corrected chi connectivity index (χ0v) is 21.2. The van der Waals surface area contributed by atoms with Crippen molar-refractivity contribution in [1.82, 2.24) is 15.1 Å². The molecule has 2 fully saturated rings. The van der Waals surface area contributed by atoms with Crippen molar-refractivity contribution in [1.29, 1.82) is 0 Å². The van der Waals surface area contributed by atoms with Gasteiger partial charge in [-0.05, 0) is 67.8 Å². The number of aldehydes is 1. The second-order valence-electron chi connectivity index (χ2n) is 8.86. The summed E-state index contributed by atoms with van der Waals surface area (Å²) in [5, 5.41) is 14.1. The van der Waals surface area contributed by atoms with Crippen LogP contribution in [-0.4, -0.2) is 80.1 Å². The fourth-order valence-corrected chi connectivity index (χ4v) is 3.90. The highest BCUT2D eigenvalue weighted by atomic mass is 35.5. The predicted octanol–water partition coefficient (Wildman–Crippen LogP) is 2.81. The van der Waals surface area contributed by atoms with Crippen LogP contribution in [-0.2, 0) is 27.3 Å². The molecule has 0 spiro atoms. The number of aliphatic hydroxyl groups is 1. The Kier molecular flexibility index (Phi) is 12.3. The maximum Gasteiger partial charge on any atom is 0.230 e. The topological polar surface area (TPSA) is 82.1 Å². The van der Waals surface area contributed by atoms with E-state index in [1.54, 1.807) is 19.3 Å². The standard InChI is InChI=1S/C19H27ClN2O3.C7H11NO/c1-25-9-7-13-2-5-17(20)14(10-13)12-22(15-3-4-15)19(24)16-11-21-8-6-18(16)23;1-8(2)6-4-3-5-7-9/h2,5,10,15-16,18,21,23H,3-4,6-9,11-12H2,1H3;3-7H,1-2H3/b;5-3-,6-4-. The van der Waals surface area contributed by atoms with Crippen LogP contribution < -0.4 is 5.32 Å². The molecule has 7 nitrogen and oxygen atoms in total. The Balaban J connectivity index is 0.000000387. The minimum Gasteiger partial charge on any atom is -0.392 e. The highest BCUT2D eigenvalue weighted by molar-refractivity contribution is 6.31. The molecule has 1 aliphatic carbocycles. The van der Waals surface area contributed by atoms with Crippen LogP contribution in [0.1, 0.15) is 30.4 Å². The van der Waals surface area contributed by atoms with Crippen molar-refractivity contribution in [2.24, 2.45) is 5.92 Å². The van der Waals surface area contributed by atoms with Crippen LogP contribution >= 0.6 is 11.6 Å². The molecule has 3 rings (SSSR count). The molecular formula is C26H38ClN3O4. The van der Waals surface area contributed by atoms with Crippen LogP contribution in [0.2, 0.25) is 5.02 Å². The summed E-state index contributed by atoms with van der Waals surface area (Å²) in [5.74, 6) is -0.314. The molecule has 0 aromatic heterocycles. The van der Waals surface area contributed by atoms with Gasteiger partial charge in [-0.2, -0.15) is 0 Å². The Morgan fingerprint density at radius 3 is 2.62 bits per heavy atom. The summed E-state index contributed by atoms with van der Waals surface area (Å²) in [7, 11) is 5.53. The molecule has 188 valence electrons. The van der Waals surface area contributed by atoms with Gasteiger partial charge >= 0.3 is 0 Å². The monoisotopic (exact) mass is 491 g/mol. The fraction of sp³-hybridized carbons (Fsp3) is 0.538. The number of carbonyl (C=O) groups is 2. The maximum atomic E-state index is 13.0. The normalized spacial score (nSPS) is 20.1. The van der Waals surface area contributed by atoms with E-state index in [9.17, 15) is 14.7 Å². The molecule has 2 aliphatic rings. The highest BCUT2D eigenvalue weighted by Crippen LogP contribution is 2.32. The molecule has 2 N–H and O–H groups in total. The number of halogens is 1. The number of nitrogens with zero attached hydrogens (tertiary/aromatic N) is 2. The van der Waals surface area contributed by atoms with Crippen LogP contribution in [0.15, 0.2) is 42.6 Å². The third kappa shape index (κ3) is 9.58. The molecule has 1 saturated carbocycles. The number of allylic oxidation sites excluding steroid dienone is 3. The summed E-state index contributed by atoms with van der Waals surface area (Å²) >= 11 is 6.39. The van der Waals surface area contributed by atoms with Crippen LogP contribution in [0.3, 0.4) is 0 Å². The average Bonchev–Trinajstić information content (AvgIpc) is 3.66. The van der Waals surface area contributed by atoms with Crippen molar-refractivity contribution in [3.63, 3.8) is 0 Å². The van der Waals surface area contributed by atoms with Crippen LogP contribution in [0.4, 0.5) is 0 Å². The van der Waals surface area contributed by atoms with Crippen LogP contribution in [0.25, 0.3) is 0 Å². The molecule has 2 unspecified atom stereocenters. The first kappa shape index (κ1) is 28.1. The molecule has 1 aromatic rings. The Hall–Kier alpha value is -2.19. The zero-order valence-electron chi connectivity index (χ0n) is 20.5. The lowest BCUT2D eigenvalue weighted by Crippen LogP contribution is -2.50. The largest absolute Gasteiger partial charge is 0.392 e. The summed E-state index contributed by atoms with van der Waals surface area (Å²) in [5.41, 5.74) is 2.12. The molecule has 0 radical (unpaired) electrons. The van der Waals surface area contributed by atoms with Crippen molar-refractivity contribution >= 4 is 23.8 Å². The molecule has 8 heteroatoms. The summed E-state index contributed by atoms with van der Waals surface area (Å²) in [6.45, 7) is 2.48. The number of nitrogens with one attached hydrogen (secondary N) is 1. The Labute approximate surface area is 208 Å². The van der Waals surface area contributed by atoms with Gasteiger partial charge in [-0.25, -0.2) is 0 Å². The van der Waals surface area contributed by atoms with E-state index in [0.717, 1.165) is 43.2 Å². The molecule has 1 aliphatic heterocycles. The van der Waals surface area contributed by atoms with Gasteiger partial charge in [0.15, 0.2) is 0 Å². The third-order valence-corrected chi connectivity index (χ3v) is 6.13.